The molecular formula is C17H19NO3. The van der Waals surface area contributed by atoms with Gasteiger partial charge in [0.1, 0.15) is 5.75 Å². The van der Waals surface area contributed by atoms with Crippen LogP contribution in [-0.2, 0) is 9.63 Å². The first-order chi connectivity index (χ1) is 10.3. The highest BCUT2D eigenvalue weighted by molar-refractivity contribution is 5.76. The van der Waals surface area contributed by atoms with Gasteiger partial charge in [-0.05, 0) is 11.6 Å². The molecule has 2 aromatic carbocycles. The topological polar surface area (TPSA) is 47.6 Å². The average Bonchev–Trinajstić information content (AvgIpc) is 2.54. The van der Waals surface area contributed by atoms with Gasteiger partial charge in [-0.2, -0.15) is 0 Å². The van der Waals surface area contributed by atoms with E-state index in [1.807, 2.05) is 54.6 Å². The van der Waals surface area contributed by atoms with Gasteiger partial charge < -0.3 is 4.74 Å². The maximum absolute atomic E-state index is 11.9. The summed E-state index contributed by atoms with van der Waals surface area (Å²) in [6.07, 6.45) is 0.290. The molecule has 0 aromatic heterocycles. The summed E-state index contributed by atoms with van der Waals surface area (Å²) < 4.78 is 5.43. The van der Waals surface area contributed by atoms with Crippen LogP contribution >= 0.6 is 0 Å². The lowest BCUT2D eigenvalue weighted by molar-refractivity contribution is -0.131. The predicted octanol–water partition coefficient (Wildman–Crippen LogP) is 2.89. The van der Waals surface area contributed by atoms with Crippen molar-refractivity contribution < 1.29 is 14.4 Å². The van der Waals surface area contributed by atoms with Crippen molar-refractivity contribution in [3.05, 3.63) is 65.7 Å². The van der Waals surface area contributed by atoms with Crippen LogP contribution in [0.5, 0.6) is 5.75 Å². The minimum absolute atomic E-state index is 0.0856. The Morgan fingerprint density at radius 3 is 2.38 bits per heavy atom. The minimum Gasteiger partial charge on any atom is -0.496 e. The molecule has 4 nitrogen and oxygen atoms in total. The molecule has 0 saturated heterocycles. The van der Waals surface area contributed by atoms with Crippen molar-refractivity contribution in [2.45, 2.75) is 12.3 Å². The minimum atomic E-state index is -0.169. The second-order valence-electron chi connectivity index (χ2n) is 4.64. The van der Waals surface area contributed by atoms with Gasteiger partial charge in [-0.1, -0.05) is 48.5 Å². The van der Waals surface area contributed by atoms with Crippen LogP contribution in [0, 0.1) is 0 Å². The zero-order chi connectivity index (χ0) is 15.1. The molecule has 0 heterocycles. The van der Waals surface area contributed by atoms with E-state index in [1.165, 1.54) is 7.11 Å². The fourth-order valence-corrected chi connectivity index (χ4v) is 2.39. The van der Waals surface area contributed by atoms with Crippen molar-refractivity contribution >= 4 is 5.91 Å². The third kappa shape index (κ3) is 3.83. The molecule has 0 spiro atoms. The van der Waals surface area contributed by atoms with Crippen LogP contribution in [0.15, 0.2) is 54.6 Å². The Morgan fingerprint density at radius 1 is 1.05 bits per heavy atom. The Hall–Kier alpha value is -2.33. The Kier molecular flexibility index (Phi) is 5.35. The van der Waals surface area contributed by atoms with Gasteiger partial charge in [0.25, 0.3) is 0 Å². The number of benzene rings is 2. The smallest absolute Gasteiger partial charge is 0.244 e. The maximum atomic E-state index is 11.9. The Bertz CT molecular complexity index is 584. The lowest BCUT2D eigenvalue weighted by atomic mass is 9.87. The van der Waals surface area contributed by atoms with Gasteiger partial charge in [0.15, 0.2) is 0 Å². The van der Waals surface area contributed by atoms with E-state index in [4.69, 9.17) is 9.57 Å². The number of hydroxylamine groups is 1. The summed E-state index contributed by atoms with van der Waals surface area (Å²) in [5.74, 6) is 0.520. The standard InChI is InChI=1S/C17H19NO3/c1-20-16-11-7-6-10-14(16)15(12-17(19)18-21-2)13-8-4-3-5-9-13/h3-11,15H,12H2,1-2H3,(H,18,19). The number of hydrogen-bond acceptors (Lipinski definition) is 3. The zero-order valence-corrected chi connectivity index (χ0v) is 12.2. The highest BCUT2D eigenvalue weighted by Gasteiger charge is 2.21. The van der Waals surface area contributed by atoms with Gasteiger partial charge >= 0.3 is 0 Å². The molecule has 0 aliphatic rings. The van der Waals surface area contributed by atoms with Crippen LogP contribution in [0.1, 0.15) is 23.5 Å². The van der Waals surface area contributed by atoms with E-state index in [2.05, 4.69) is 5.48 Å². The second-order valence-corrected chi connectivity index (χ2v) is 4.64. The molecular weight excluding hydrogens is 266 g/mol. The quantitative estimate of drug-likeness (QED) is 0.830. The Balaban J connectivity index is 2.38. The largest absolute Gasteiger partial charge is 0.496 e. The molecule has 1 N–H and O–H groups in total. The number of para-hydroxylation sites is 1. The Morgan fingerprint density at radius 2 is 1.71 bits per heavy atom. The summed E-state index contributed by atoms with van der Waals surface area (Å²) in [7, 11) is 3.06. The zero-order valence-electron chi connectivity index (χ0n) is 12.2. The van der Waals surface area contributed by atoms with Crippen molar-refractivity contribution in [1.82, 2.24) is 5.48 Å². The van der Waals surface area contributed by atoms with Crippen molar-refractivity contribution in [2.75, 3.05) is 14.2 Å². The molecule has 0 fully saturated rings. The van der Waals surface area contributed by atoms with Gasteiger partial charge in [0.2, 0.25) is 5.91 Å². The van der Waals surface area contributed by atoms with Crippen LogP contribution in [0.3, 0.4) is 0 Å². The third-order valence-corrected chi connectivity index (χ3v) is 3.32. The number of carbonyl (C=O) groups excluding carboxylic acids is 1. The van der Waals surface area contributed by atoms with Gasteiger partial charge in [0.05, 0.1) is 14.2 Å². The molecule has 0 aliphatic heterocycles. The second kappa shape index (κ2) is 7.45. The molecule has 1 amide bonds. The van der Waals surface area contributed by atoms with Crippen LogP contribution in [0.4, 0.5) is 0 Å². The summed E-state index contributed by atoms with van der Waals surface area (Å²) >= 11 is 0. The fourth-order valence-electron chi connectivity index (χ4n) is 2.39. The molecule has 1 atom stereocenters. The summed E-state index contributed by atoms with van der Waals surface area (Å²) in [4.78, 5) is 16.6. The molecule has 110 valence electrons. The predicted molar refractivity (Wildman–Crippen MR) is 81.0 cm³/mol. The van der Waals surface area contributed by atoms with Crippen molar-refractivity contribution in [2.24, 2.45) is 0 Å². The summed E-state index contributed by atoms with van der Waals surface area (Å²) in [5, 5.41) is 0. The number of nitrogens with one attached hydrogen (secondary N) is 1. The number of amides is 1. The molecule has 21 heavy (non-hydrogen) atoms. The van der Waals surface area contributed by atoms with E-state index in [9.17, 15) is 4.79 Å². The van der Waals surface area contributed by atoms with E-state index in [0.717, 1.165) is 16.9 Å². The number of carbonyl (C=O) groups is 1. The number of hydrogen-bond donors (Lipinski definition) is 1. The molecule has 0 radical (unpaired) electrons. The number of ether oxygens (including phenoxy) is 1. The maximum Gasteiger partial charge on any atom is 0.244 e. The normalized spacial score (nSPS) is 11.7. The van der Waals surface area contributed by atoms with E-state index in [0.29, 0.717) is 0 Å². The van der Waals surface area contributed by atoms with Crippen LogP contribution in [0.25, 0.3) is 0 Å². The molecule has 0 bridgehead atoms. The number of rotatable bonds is 6. The van der Waals surface area contributed by atoms with Gasteiger partial charge in [0, 0.05) is 17.9 Å². The molecule has 0 aliphatic carbocycles. The highest BCUT2D eigenvalue weighted by Crippen LogP contribution is 2.34. The van der Waals surface area contributed by atoms with E-state index < -0.39 is 0 Å². The van der Waals surface area contributed by atoms with Crippen molar-refractivity contribution in [1.29, 1.82) is 0 Å². The van der Waals surface area contributed by atoms with E-state index in [1.54, 1.807) is 7.11 Å². The molecule has 2 rings (SSSR count). The summed E-state index contributed by atoms with van der Waals surface area (Å²) in [6, 6.07) is 17.7. The first-order valence-corrected chi connectivity index (χ1v) is 6.76. The van der Waals surface area contributed by atoms with Crippen molar-refractivity contribution in [3.8, 4) is 5.75 Å². The lowest BCUT2D eigenvalue weighted by Crippen LogP contribution is -2.24. The lowest BCUT2D eigenvalue weighted by Gasteiger charge is -2.20. The van der Waals surface area contributed by atoms with E-state index >= 15 is 0 Å². The van der Waals surface area contributed by atoms with Crippen molar-refractivity contribution in [3.63, 3.8) is 0 Å². The van der Waals surface area contributed by atoms with Crippen LogP contribution < -0.4 is 10.2 Å². The average molecular weight is 285 g/mol. The molecule has 2 aromatic rings. The molecule has 1 unspecified atom stereocenters. The molecule has 0 saturated carbocycles. The fraction of sp³-hybridized carbons (Fsp3) is 0.235. The first-order valence-electron chi connectivity index (χ1n) is 6.76. The highest BCUT2D eigenvalue weighted by atomic mass is 16.6. The molecule has 4 heteroatoms. The van der Waals surface area contributed by atoms with Gasteiger partial charge in [-0.15, -0.1) is 0 Å². The first kappa shape index (κ1) is 15.1. The van der Waals surface area contributed by atoms with Gasteiger partial charge in [-0.25, -0.2) is 5.48 Å². The SMILES string of the molecule is CONC(=O)CC(c1ccccc1)c1ccccc1OC. The third-order valence-electron chi connectivity index (χ3n) is 3.32. The van der Waals surface area contributed by atoms with Gasteiger partial charge in [-0.3, -0.25) is 9.63 Å². The Labute approximate surface area is 124 Å². The summed E-state index contributed by atoms with van der Waals surface area (Å²) in [5.41, 5.74) is 4.42. The van der Waals surface area contributed by atoms with Crippen LogP contribution in [-0.4, -0.2) is 20.1 Å². The summed E-state index contributed by atoms with van der Waals surface area (Å²) in [6.45, 7) is 0. The number of methoxy groups -OCH3 is 1. The van der Waals surface area contributed by atoms with E-state index in [-0.39, 0.29) is 18.2 Å². The van der Waals surface area contributed by atoms with Crippen LogP contribution in [0.2, 0.25) is 0 Å². The monoisotopic (exact) mass is 285 g/mol.